The normalized spacial score (nSPS) is 16.2. The lowest BCUT2D eigenvalue weighted by Crippen LogP contribution is -2.60. The molecule has 1 saturated heterocycles. The molecule has 1 fully saturated rings. The molecule has 2 aromatic carbocycles. The quantitative estimate of drug-likeness (QED) is 0.0274. The molecule has 1 aliphatic rings. The molecule has 2 aromatic rings. The van der Waals surface area contributed by atoms with Crippen LogP contribution in [0.15, 0.2) is 48.5 Å². The van der Waals surface area contributed by atoms with Crippen molar-refractivity contribution in [1.82, 2.24) is 84.7 Å². The number of hydrogen-bond acceptors (Lipinski definition) is 25. The molecule has 122 heavy (non-hydrogen) atoms. The van der Waals surface area contributed by atoms with Crippen molar-refractivity contribution < 1.29 is 117 Å². The summed E-state index contributed by atoms with van der Waals surface area (Å²) in [6.07, 6.45) is -1.09. The van der Waals surface area contributed by atoms with E-state index >= 15 is 0 Å². The molecule has 28 N–H and O–H groups in total. The van der Waals surface area contributed by atoms with Gasteiger partial charge < -0.3 is 133 Å². The summed E-state index contributed by atoms with van der Waals surface area (Å²) in [5, 5.41) is 85.7. The molecule has 0 aromatic heterocycles. The van der Waals surface area contributed by atoms with Crippen molar-refractivity contribution in [2.75, 3.05) is 26.2 Å². The number of hydrogen-bond donors (Lipinski definition) is 24. The van der Waals surface area contributed by atoms with Crippen LogP contribution in [0, 0.1) is 0 Å². The number of nitrogens with zero attached hydrogens (tertiary/aromatic N) is 1. The van der Waals surface area contributed by atoms with E-state index in [1.807, 2.05) is 0 Å². The van der Waals surface area contributed by atoms with Crippen molar-refractivity contribution in [2.45, 2.75) is 274 Å². The Morgan fingerprint density at radius 1 is 0.336 bits per heavy atom. The molecule has 44 heteroatoms. The van der Waals surface area contributed by atoms with E-state index in [-0.39, 0.29) is 95.5 Å². The lowest BCUT2D eigenvalue weighted by molar-refractivity contribution is -0.142. The third-order valence-electron chi connectivity index (χ3n) is 19.5. The number of benzene rings is 2. The molecule has 0 aliphatic carbocycles. The van der Waals surface area contributed by atoms with Gasteiger partial charge in [-0.15, -0.1) is 0 Å². The molecule has 0 bridgehead atoms. The predicted octanol–water partition coefficient (Wildman–Crippen LogP) is -6.15. The van der Waals surface area contributed by atoms with Crippen molar-refractivity contribution in [1.29, 1.82) is 0 Å². The van der Waals surface area contributed by atoms with Crippen molar-refractivity contribution >= 4 is 112 Å². The van der Waals surface area contributed by atoms with Crippen LogP contribution < -0.4 is 103 Å². The molecule has 44 nitrogen and oxygen atoms in total. The number of aliphatic carboxylic acids is 3. The Morgan fingerprint density at radius 2 is 0.582 bits per heavy atom. The Hall–Kier alpha value is -12.2. The van der Waals surface area contributed by atoms with E-state index in [9.17, 15) is 112 Å². The predicted molar refractivity (Wildman–Crippen MR) is 436 cm³/mol. The number of amides is 16. The Labute approximate surface area is 705 Å². The zero-order valence-electron chi connectivity index (χ0n) is 70.0. The van der Waals surface area contributed by atoms with Gasteiger partial charge in [0.1, 0.15) is 108 Å². The van der Waals surface area contributed by atoms with Gasteiger partial charge in [-0.1, -0.05) is 24.3 Å². The number of rotatable bonds is 54. The number of nitrogens with two attached hydrogens (primary N) is 4. The van der Waals surface area contributed by atoms with Gasteiger partial charge in [0.05, 0.1) is 6.04 Å². The van der Waals surface area contributed by atoms with Crippen molar-refractivity contribution in [3.63, 3.8) is 0 Å². The first-order chi connectivity index (χ1) is 57.4. The second-order valence-electron chi connectivity index (χ2n) is 30.0. The fraction of sp³-hybridized carbons (Fsp3) is 0.603. The summed E-state index contributed by atoms with van der Waals surface area (Å²) in [4.78, 5) is 257. The van der Waals surface area contributed by atoms with E-state index in [0.29, 0.717) is 36.8 Å². The number of carbonyl (C=O) groups is 19. The Morgan fingerprint density at radius 3 is 0.877 bits per heavy atom. The average molecular weight is 1720 g/mol. The van der Waals surface area contributed by atoms with E-state index in [0.717, 1.165) is 0 Å². The van der Waals surface area contributed by atoms with Crippen LogP contribution in [0.1, 0.15) is 170 Å². The molecule has 1 heterocycles. The van der Waals surface area contributed by atoms with Gasteiger partial charge in [-0.25, -0.2) is 0 Å². The summed E-state index contributed by atoms with van der Waals surface area (Å²) < 4.78 is 0. The first kappa shape index (κ1) is 104. The van der Waals surface area contributed by atoms with Crippen LogP contribution in [-0.2, 0) is 104 Å². The molecule has 0 unspecified atom stereocenters. The maximum Gasteiger partial charge on any atom is 0.325 e. The Bertz CT molecular complexity index is 3950. The van der Waals surface area contributed by atoms with Crippen molar-refractivity contribution in [3.8, 4) is 11.5 Å². The zero-order valence-corrected chi connectivity index (χ0v) is 70.0. The van der Waals surface area contributed by atoms with Crippen LogP contribution in [-0.4, -0.2) is 272 Å². The lowest BCUT2D eigenvalue weighted by atomic mass is 10.0. The molecule has 3 rings (SSSR count). The number of carbonyl (C=O) groups excluding carboxylic acids is 16. The smallest absolute Gasteiger partial charge is 0.325 e. The second kappa shape index (κ2) is 52.8. The van der Waals surface area contributed by atoms with Gasteiger partial charge in [0.25, 0.3) is 0 Å². The molecular weight excluding hydrogens is 1600 g/mol. The van der Waals surface area contributed by atoms with Crippen molar-refractivity contribution in [2.24, 2.45) is 22.9 Å². The third kappa shape index (κ3) is 36.8. The van der Waals surface area contributed by atoms with Crippen LogP contribution in [0.2, 0.25) is 0 Å². The minimum atomic E-state index is -1.80. The highest BCUT2D eigenvalue weighted by Gasteiger charge is 2.40. The fourth-order valence-electron chi connectivity index (χ4n) is 12.2. The molecule has 1 aliphatic heterocycles. The SMILES string of the molecule is C[C@H](N)C(=O)N1CCC[C@H]1C(=O)N[C@@H](CCC(=O)O)C(=O)N[C@@H](CCCCN)C(=O)N[C@@H](C)C(=O)N[C@@H](CCCCN)C(=O)N[C@@H](Cc1ccc(O)cc1)C(=O)N[C@@H](CCC(=O)O)C(=O)N[C@@H](C)C(=O)N[C@@H](Cc1ccc(O)cc1)C(=O)N[C@@H](CCCCN)C(=O)N[C@@H](C)C(=O)N[C@@H](C)C(=O)N[C@@H](C)C(=O)N[C@@H](C)C(=O)N[C@@H](C)C(=O)N[C@@H](C)C(=O)O. The van der Waals surface area contributed by atoms with Crippen LogP contribution in [0.4, 0.5) is 0 Å². The first-order valence-corrected chi connectivity index (χ1v) is 40.4. The van der Waals surface area contributed by atoms with Crippen LogP contribution >= 0.6 is 0 Å². The number of carboxylic acids is 3. The largest absolute Gasteiger partial charge is 0.508 e. The minimum Gasteiger partial charge on any atom is -0.508 e. The van der Waals surface area contributed by atoms with Gasteiger partial charge in [-0.3, -0.25) is 91.1 Å². The van der Waals surface area contributed by atoms with Crippen LogP contribution in [0.3, 0.4) is 0 Å². The van der Waals surface area contributed by atoms with Gasteiger partial charge in [-0.2, -0.15) is 0 Å². The molecule has 0 saturated carbocycles. The van der Waals surface area contributed by atoms with E-state index in [1.165, 1.54) is 116 Å². The summed E-state index contributed by atoms with van der Waals surface area (Å²) in [5.74, 6) is -19.1. The third-order valence-corrected chi connectivity index (χ3v) is 19.5. The maximum absolute atomic E-state index is 14.7. The molecule has 17 atom stereocenters. The summed E-state index contributed by atoms with van der Waals surface area (Å²) >= 11 is 0. The van der Waals surface area contributed by atoms with Gasteiger partial charge in [-0.05, 0) is 201 Å². The van der Waals surface area contributed by atoms with Gasteiger partial charge in [0.15, 0.2) is 0 Å². The molecule has 0 spiro atoms. The molecule has 678 valence electrons. The topological polar surface area (TPSA) is 713 Å². The highest BCUT2D eigenvalue weighted by molar-refractivity contribution is 6.01. The summed E-state index contributed by atoms with van der Waals surface area (Å²) in [5.41, 5.74) is 23.8. The Balaban J connectivity index is 1.87. The van der Waals surface area contributed by atoms with Crippen molar-refractivity contribution in [3.05, 3.63) is 59.7 Å². The van der Waals surface area contributed by atoms with E-state index < -0.39 is 241 Å². The number of aromatic hydroxyl groups is 2. The van der Waals surface area contributed by atoms with Crippen LogP contribution in [0.25, 0.3) is 0 Å². The second-order valence-corrected chi connectivity index (χ2v) is 30.0. The van der Waals surface area contributed by atoms with Gasteiger partial charge in [0.2, 0.25) is 94.5 Å². The molecule has 0 radical (unpaired) electrons. The van der Waals surface area contributed by atoms with Gasteiger partial charge in [0, 0.05) is 32.2 Å². The molecular formula is C78H122N20O24. The highest BCUT2D eigenvalue weighted by Crippen LogP contribution is 2.21. The monoisotopic (exact) mass is 1720 g/mol. The Kier molecular flexibility index (Phi) is 45.0. The fourth-order valence-corrected chi connectivity index (χ4v) is 12.2. The van der Waals surface area contributed by atoms with E-state index in [4.69, 9.17) is 28.0 Å². The minimum absolute atomic E-state index is 0.0716. The number of phenolic OH excluding ortho intramolecular Hbond substituents is 2. The first-order valence-electron chi connectivity index (χ1n) is 40.4. The summed E-state index contributed by atoms with van der Waals surface area (Å²) in [6, 6.07) is -13.1. The van der Waals surface area contributed by atoms with E-state index in [1.54, 1.807) is 0 Å². The molecule has 16 amide bonds. The standard InChI is InChI=1S/C78H122N20O24/c1-39(82)77(120)98-36-16-20-59(98)76(119)95-56(30-32-61(103)104)73(116)92-52(17-10-13-33-79)69(112)88-45(7)67(110)91-54(19-12-15-35-81)72(115)97-58(38-49-23-27-51(100)28-24-49)75(118)94-55(29-31-60(101)102)71(114)89-46(8)68(111)96-57(37-48-21-25-50(99)26-22-48)74(117)93-53(18-11-14-34-80)70(113)87-44(6)65(108)85-42(4)63(106)83-40(2)62(105)84-41(3)64(107)86-43(5)66(109)90-47(9)78(121)122/h21-28,39-47,52-59,99-100H,10-20,29-38,79-82H2,1-9H3,(H,83,106)(H,84,105)(H,85,108)(H,86,107)(H,87,113)(H,88,112)(H,89,114)(H,90,109)(H,91,110)(H,92,116)(H,93,117)(H,94,118)(H,95,119)(H,96,111)(H,97,115)(H,101,102)(H,103,104)(H,121,122)/t39-,40-,41-,42-,43-,44-,45-,46-,47-,52-,53-,54-,55-,56-,57-,58-,59-/m0/s1. The number of nitrogens with one attached hydrogen (secondary N) is 15. The zero-order chi connectivity index (χ0) is 91.8. The summed E-state index contributed by atoms with van der Waals surface area (Å²) in [7, 11) is 0. The number of unbranched alkanes of at least 4 members (excludes halogenated alkanes) is 3. The number of carboxylic acid groups (broad SMARTS) is 3. The van der Waals surface area contributed by atoms with Gasteiger partial charge >= 0.3 is 17.9 Å². The summed E-state index contributed by atoms with van der Waals surface area (Å²) in [6.45, 7) is 12.1. The van der Waals surface area contributed by atoms with E-state index in [2.05, 4.69) is 79.8 Å². The van der Waals surface area contributed by atoms with Crippen LogP contribution in [0.5, 0.6) is 11.5 Å². The lowest BCUT2D eigenvalue weighted by Gasteiger charge is -2.28. The number of phenols is 2. The highest BCUT2D eigenvalue weighted by atomic mass is 16.4. The average Bonchev–Trinajstić information content (AvgIpc) is 1.63. The maximum atomic E-state index is 14.7. The number of likely N-dealkylation sites (tertiary alicyclic amines) is 1.